The lowest BCUT2D eigenvalue weighted by molar-refractivity contribution is 0.220. The Morgan fingerprint density at radius 3 is 2.67 bits per heavy atom. The normalized spacial score (nSPS) is 13.7. The fourth-order valence-electron chi connectivity index (χ4n) is 1.83. The minimum atomic E-state index is -3.96. The maximum atomic E-state index is 14.3. The Morgan fingerprint density at radius 1 is 1.38 bits per heavy atom. The summed E-state index contributed by atoms with van der Waals surface area (Å²) in [5.74, 6) is 0.238. The van der Waals surface area contributed by atoms with Gasteiger partial charge in [-0.05, 0) is 35.9 Å². The molecule has 0 saturated carbocycles. The minimum absolute atomic E-state index is 0.0578. The molecule has 0 aliphatic rings. The van der Waals surface area contributed by atoms with Crippen molar-refractivity contribution >= 4 is 46.7 Å². The number of nitrogens with two attached hydrogens (primary N) is 1. The summed E-state index contributed by atoms with van der Waals surface area (Å²) in [4.78, 5) is 12.0. The first kappa shape index (κ1) is 18.7. The molecule has 2 aromatic rings. The highest BCUT2D eigenvalue weighted by molar-refractivity contribution is 9.12. The molecule has 0 fully saturated rings. The number of nitrogen functional groups attached to an aromatic ring is 1. The van der Waals surface area contributed by atoms with Gasteiger partial charge in [0.25, 0.3) is 0 Å². The maximum Gasteiger partial charge on any atom is 0.389 e. The molecular formula is C13H16BrFN5O3P. The molecule has 11 heteroatoms. The van der Waals surface area contributed by atoms with Crippen LogP contribution >= 0.6 is 23.5 Å². The lowest BCUT2D eigenvalue weighted by Crippen LogP contribution is -1.96. The molecule has 2 N–H and O–H groups in total. The molecule has 0 aliphatic carbocycles. The number of hydrogen-bond acceptors (Lipinski definition) is 7. The number of anilines is 1. The van der Waals surface area contributed by atoms with Gasteiger partial charge in [0.15, 0.2) is 17.0 Å². The topological polar surface area (TPSA) is 105 Å². The summed E-state index contributed by atoms with van der Waals surface area (Å²) in [5, 5.41) is 0. The van der Waals surface area contributed by atoms with Gasteiger partial charge in [-0.15, -0.1) is 0 Å². The van der Waals surface area contributed by atoms with Gasteiger partial charge in [-0.1, -0.05) is 0 Å². The molecule has 2 aromatic heterocycles. The van der Waals surface area contributed by atoms with Gasteiger partial charge in [-0.2, -0.15) is 4.39 Å². The number of fused-ring (bicyclic) bond motifs is 1. The Balaban J connectivity index is 2.35. The molecule has 0 aliphatic heterocycles. The van der Waals surface area contributed by atoms with Crippen molar-refractivity contribution in [2.45, 2.75) is 13.8 Å². The average Bonchev–Trinajstić information content (AvgIpc) is 2.92. The number of rotatable bonds is 7. The predicted octanol–water partition coefficient (Wildman–Crippen LogP) is 3.68. The second-order valence-corrected chi connectivity index (χ2v) is 7.25. The van der Waals surface area contributed by atoms with Crippen LogP contribution in [0.5, 0.6) is 0 Å². The van der Waals surface area contributed by atoms with Crippen LogP contribution in [0.25, 0.3) is 17.4 Å². The first-order valence-corrected chi connectivity index (χ1v) is 9.32. The van der Waals surface area contributed by atoms with E-state index in [9.17, 15) is 8.96 Å². The van der Waals surface area contributed by atoms with Gasteiger partial charge < -0.3 is 14.8 Å². The SMILES string of the molecule is CCOP(=O)(OCC)/C(F)=C/C(Br)=C/n1cnc2c(N)ncnc21. The Morgan fingerprint density at radius 2 is 2.04 bits per heavy atom. The van der Waals surface area contributed by atoms with Crippen LogP contribution in [-0.4, -0.2) is 32.7 Å². The first-order valence-electron chi connectivity index (χ1n) is 6.98. The van der Waals surface area contributed by atoms with Crippen molar-refractivity contribution in [3.63, 3.8) is 0 Å². The van der Waals surface area contributed by atoms with Gasteiger partial charge in [0.1, 0.15) is 12.7 Å². The number of aromatic nitrogens is 4. The minimum Gasteiger partial charge on any atom is -0.382 e. The Hall–Kier alpha value is -1.61. The van der Waals surface area contributed by atoms with Crippen molar-refractivity contribution < 1.29 is 18.0 Å². The van der Waals surface area contributed by atoms with Crippen molar-refractivity contribution in [3.8, 4) is 0 Å². The van der Waals surface area contributed by atoms with E-state index in [4.69, 9.17) is 14.8 Å². The fraction of sp³-hybridized carbons (Fsp3) is 0.308. The molecular weight excluding hydrogens is 404 g/mol. The Bertz CT molecular complexity index is 828. The zero-order chi connectivity index (χ0) is 17.7. The van der Waals surface area contributed by atoms with Crippen LogP contribution < -0.4 is 5.73 Å². The highest BCUT2D eigenvalue weighted by atomic mass is 79.9. The number of halogens is 2. The van der Waals surface area contributed by atoms with E-state index >= 15 is 0 Å². The van der Waals surface area contributed by atoms with Gasteiger partial charge in [0.2, 0.25) is 5.57 Å². The molecule has 0 aromatic carbocycles. The van der Waals surface area contributed by atoms with Gasteiger partial charge >= 0.3 is 7.60 Å². The van der Waals surface area contributed by atoms with Crippen LogP contribution in [0, 0.1) is 0 Å². The summed E-state index contributed by atoms with van der Waals surface area (Å²) in [6.07, 6.45) is 5.26. The molecule has 0 saturated heterocycles. The summed E-state index contributed by atoms with van der Waals surface area (Å²) >= 11 is 3.19. The van der Waals surface area contributed by atoms with Crippen LogP contribution in [0.3, 0.4) is 0 Å². The van der Waals surface area contributed by atoms with E-state index in [1.54, 1.807) is 13.8 Å². The monoisotopic (exact) mass is 419 g/mol. The second-order valence-electron chi connectivity index (χ2n) is 4.40. The summed E-state index contributed by atoms with van der Waals surface area (Å²) < 4.78 is 38.3. The second kappa shape index (κ2) is 7.98. The van der Waals surface area contributed by atoms with E-state index in [0.717, 1.165) is 6.08 Å². The molecule has 0 atom stereocenters. The van der Waals surface area contributed by atoms with Crippen molar-refractivity contribution in [1.82, 2.24) is 19.5 Å². The molecule has 0 bridgehead atoms. The predicted molar refractivity (Wildman–Crippen MR) is 93.0 cm³/mol. The summed E-state index contributed by atoms with van der Waals surface area (Å²) in [7, 11) is -3.96. The zero-order valence-electron chi connectivity index (χ0n) is 13.0. The van der Waals surface area contributed by atoms with Crippen molar-refractivity contribution in [2.24, 2.45) is 0 Å². The van der Waals surface area contributed by atoms with Crippen LogP contribution in [0.1, 0.15) is 13.8 Å². The number of nitrogens with zero attached hydrogens (tertiary/aromatic N) is 4. The average molecular weight is 420 g/mol. The highest BCUT2D eigenvalue weighted by Crippen LogP contribution is 2.57. The molecule has 0 radical (unpaired) electrons. The third-order valence-electron chi connectivity index (χ3n) is 2.77. The third-order valence-corrected chi connectivity index (χ3v) is 5.05. The smallest absolute Gasteiger partial charge is 0.382 e. The third kappa shape index (κ3) is 4.07. The number of hydrogen-bond donors (Lipinski definition) is 1. The quantitative estimate of drug-likeness (QED) is 0.538. The van der Waals surface area contributed by atoms with E-state index in [1.165, 1.54) is 23.4 Å². The van der Waals surface area contributed by atoms with Crippen LogP contribution in [0.15, 0.2) is 28.8 Å². The fourth-order valence-corrected chi connectivity index (χ4v) is 3.72. The molecule has 2 rings (SSSR count). The van der Waals surface area contributed by atoms with Crippen LogP contribution in [-0.2, 0) is 13.6 Å². The number of allylic oxidation sites excluding steroid dienone is 2. The first-order chi connectivity index (χ1) is 11.4. The van der Waals surface area contributed by atoms with Crippen molar-refractivity contribution in [1.29, 1.82) is 0 Å². The van der Waals surface area contributed by atoms with E-state index in [1.807, 2.05) is 0 Å². The molecule has 24 heavy (non-hydrogen) atoms. The lowest BCUT2D eigenvalue weighted by Gasteiger charge is -2.14. The van der Waals surface area contributed by atoms with Gasteiger partial charge in [-0.25, -0.2) is 15.0 Å². The maximum absolute atomic E-state index is 14.3. The molecule has 2 heterocycles. The molecule has 130 valence electrons. The largest absolute Gasteiger partial charge is 0.389 e. The van der Waals surface area contributed by atoms with E-state index in [2.05, 4.69) is 30.9 Å². The Kier molecular flexibility index (Phi) is 6.22. The van der Waals surface area contributed by atoms with Crippen molar-refractivity contribution in [2.75, 3.05) is 18.9 Å². The molecule has 0 spiro atoms. The van der Waals surface area contributed by atoms with Gasteiger partial charge in [0.05, 0.1) is 13.2 Å². The van der Waals surface area contributed by atoms with Crippen molar-refractivity contribution in [3.05, 3.63) is 28.8 Å². The standard InChI is InChI=1S/C13H16BrFN5O3P/c1-3-22-24(21,23-4-2)10(15)5-9(14)6-20-8-19-11-12(16)17-7-18-13(11)20/h5-8H,3-4H2,1-2H3,(H2,16,17,18)/b9-6-,10-5+. The van der Waals surface area contributed by atoms with Gasteiger partial charge in [0, 0.05) is 10.7 Å². The van der Waals surface area contributed by atoms with Crippen LogP contribution in [0.2, 0.25) is 0 Å². The van der Waals surface area contributed by atoms with Gasteiger partial charge in [-0.3, -0.25) is 9.13 Å². The lowest BCUT2D eigenvalue weighted by atomic mass is 10.5. The summed E-state index contributed by atoms with van der Waals surface area (Å²) in [6, 6.07) is 0. The molecule has 8 nitrogen and oxygen atoms in total. The van der Waals surface area contributed by atoms with E-state index < -0.39 is 13.2 Å². The zero-order valence-corrected chi connectivity index (χ0v) is 15.5. The van der Waals surface area contributed by atoms with E-state index in [-0.39, 0.29) is 23.5 Å². The molecule has 0 unspecified atom stereocenters. The summed E-state index contributed by atoms with van der Waals surface area (Å²) in [5.41, 5.74) is 5.57. The Labute approximate surface area is 146 Å². The highest BCUT2D eigenvalue weighted by Gasteiger charge is 2.30. The number of imidazole rings is 1. The van der Waals surface area contributed by atoms with E-state index in [0.29, 0.717) is 11.2 Å². The van der Waals surface area contributed by atoms with Crippen LogP contribution in [0.4, 0.5) is 10.2 Å². The summed E-state index contributed by atoms with van der Waals surface area (Å²) in [6.45, 7) is 3.32. The molecule has 0 amide bonds.